The van der Waals surface area contributed by atoms with E-state index in [4.69, 9.17) is 0 Å². The van der Waals surface area contributed by atoms with Gasteiger partial charge in [0.2, 0.25) is 5.91 Å². The summed E-state index contributed by atoms with van der Waals surface area (Å²) in [6.07, 6.45) is 6.32. The first kappa shape index (κ1) is 13.8. The smallest absolute Gasteiger partial charge is 0.238 e. The van der Waals surface area contributed by atoms with Gasteiger partial charge in [-0.1, -0.05) is 42.1 Å². The number of nitrogens with one attached hydrogen (secondary N) is 1. The van der Waals surface area contributed by atoms with Gasteiger partial charge in [0, 0.05) is 12.1 Å². The molecule has 0 saturated heterocycles. The Kier molecular flexibility index (Phi) is 3.62. The fraction of sp³-hybridized carbons (Fsp3) is 0.438. The zero-order valence-corrected chi connectivity index (χ0v) is 13.0. The average molecular weight is 314 g/mol. The molecule has 2 fully saturated rings. The predicted molar refractivity (Wildman–Crippen MR) is 84.5 cm³/mol. The molecule has 1 aromatic carbocycles. The Bertz CT molecular complexity index is 664. The third-order valence-corrected chi connectivity index (χ3v) is 5.19. The molecule has 114 valence electrons. The Morgan fingerprint density at radius 1 is 1.23 bits per heavy atom. The van der Waals surface area contributed by atoms with Crippen LogP contribution in [0.2, 0.25) is 0 Å². The average Bonchev–Trinajstić information content (AvgIpc) is 3.47. The van der Waals surface area contributed by atoms with Crippen molar-refractivity contribution in [1.29, 1.82) is 0 Å². The van der Waals surface area contributed by atoms with Crippen molar-refractivity contribution < 1.29 is 4.79 Å². The van der Waals surface area contributed by atoms with E-state index in [-0.39, 0.29) is 11.2 Å². The maximum atomic E-state index is 12.6. The monoisotopic (exact) mass is 314 g/mol. The lowest BCUT2D eigenvalue weighted by Gasteiger charge is -2.16. The maximum Gasteiger partial charge on any atom is 0.238 e. The van der Waals surface area contributed by atoms with Crippen molar-refractivity contribution in [2.24, 2.45) is 0 Å². The number of nitrogens with zero attached hydrogens (tertiary/aromatic N) is 3. The van der Waals surface area contributed by atoms with Gasteiger partial charge in [0.1, 0.15) is 11.6 Å². The van der Waals surface area contributed by atoms with Gasteiger partial charge in [0.15, 0.2) is 5.16 Å². The third kappa shape index (κ3) is 3.02. The van der Waals surface area contributed by atoms with Gasteiger partial charge in [-0.15, -0.1) is 10.2 Å². The number of amides is 1. The molecule has 22 heavy (non-hydrogen) atoms. The summed E-state index contributed by atoms with van der Waals surface area (Å²) in [6, 6.07) is 10.8. The maximum absolute atomic E-state index is 12.6. The Balaban J connectivity index is 1.58. The van der Waals surface area contributed by atoms with Crippen LogP contribution in [0.15, 0.2) is 41.8 Å². The third-order valence-electron chi connectivity index (χ3n) is 3.97. The molecular weight excluding hydrogens is 296 g/mol. The van der Waals surface area contributed by atoms with E-state index in [1.165, 1.54) is 24.6 Å². The zero-order valence-electron chi connectivity index (χ0n) is 12.2. The van der Waals surface area contributed by atoms with Crippen molar-refractivity contribution in [1.82, 2.24) is 20.1 Å². The van der Waals surface area contributed by atoms with Crippen LogP contribution in [-0.2, 0) is 4.79 Å². The molecule has 0 radical (unpaired) electrons. The van der Waals surface area contributed by atoms with E-state index in [2.05, 4.69) is 20.1 Å². The van der Waals surface area contributed by atoms with Crippen LogP contribution in [0.5, 0.6) is 0 Å². The van der Waals surface area contributed by atoms with Gasteiger partial charge >= 0.3 is 0 Å². The summed E-state index contributed by atoms with van der Waals surface area (Å²) < 4.78 is 2.10. The fourth-order valence-corrected chi connectivity index (χ4v) is 3.52. The summed E-state index contributed by atoms with van der Waals surface area (Å²) in [7, 11) is 0. The topological polar surface area (TPSA) is 59.8 Å². The van der Waals surface area contributed by atoms with Crippen LogP contribution in [0.3, 0.4) is 0 Å². The number of hydrogen-bond donors (Lipinski definition) is 1. The predicted octanol–water partition coefficient (Wildman–Crippen LogP) is 2.73. The van der Waals surface area contributed by atoms with E-state index in [1.807, 2.05) is 30.3 Å². The van der Waals surface area contributed by atoms with Crippen molar-refractivity contribution in [3.05, 3.63) is 42.2 Å². The van der Waals surface area contributed by atoms with Gasteiger partial charge in [-0.2, -0.15) is 0 Å². The molecule has 1 aromatic heterocycles. The number of benzene rings is 1. The Morgan fingerprint density at radius 3 is 2.68 bits per heavy atom. The molecule has 0 bridgehead atoms. The van der Waals surface area contributed by atoms with E-state index < -0.39 is 0 Å². The number of hydrogen-bond acceptors (Lipinski definition) is 4. The van der Waals surface area contributed by atoms with Crippen molar-refractivity contribution in [3.63, 3.8) is 0 Å². The SMILES string of the molecule is O=C(NC1CC1)C(Sc1nncn1C1CC1)c1ccccc1. The molecule has 1 N–H and O–H groups in total. The number of carbonyl (C=O) groups is 1. The van der Waals surface area contributed by atoms with E-state index in [0.717, 1.165) is 23.6 Å². The normalized spacial score (nSPS) is 18.9. The van der Waals surface area contributed by atoms with Crippen LogP contribution < -0.4 is 5.32 Å². The van der Waals surface area contributed by atoms with Crippen LogP contribution in [-0.4, -0.2) is 26.7 Å². The highest BCUT2D eigenvalue weighted by Gasteiger charge is 2.32. The summed E-state index contributed by atoms with van der Waals surface area (Å²) >= 11 is 1.50. The van der Waals surface area contributed by atoms with Gasteiger partial charge in [0.25, 0.3) is 0 Å². The molecule has 5 nitrogen and oxygen atoms in total. The van der Waals surface area contributed by atoms with Crippen LogP contribution >= 0.6 is 11.8 Å². The van der Waals surface area contributed by atoms with Crippen LogP contribution in [0, 0.1) is 0 Å². The molecule has 1 amide bonds. The lowest BCUT2D eigenvalue weighted by atomic mass is 10.1. The second kappa shape index (κ2) is 5.76. The van der Waals surface area contributed by atoms with Gasteiger partial charge < -0.3 is 9.88 Å². The number of thioether (sulfide) groups is 1. The molecule has 4 rings (SSSR count). The minimum atomic E-state index is -0.275. The molecule has 2 saturated carbocycles. The number of rotatable bonds is 6. The minimum Gasteiger partial charge on any atom is -0.352 e. The highest BCUT2D eigenvalue weighted by molar-refractivity contribution is 8.00. The Labute approximate surface area is 133 Å². The van der Waals surface area contributed by atoms with Crippen molar-refractivity contribution in [2.75, 3.05) is 0 Å². The van der Waals surface area contributed by atoms with Crippen molar-refractivity contribution in [3.8, 4) is 0 Å². The van der Waals surface area contributed by atoms with Gasteiger partial charge in [-0.05, 0) is 31.2 Å². The lowest BCUT2D eigenvalue weighted by Crippen LogP contribution is -2.29. The Hall–Kier alpha value is -1.82. The van der Waals surface area contributed by atoms with Crippen LogP contribution in [0.25, 0.3) is 0 Å². The number of carbonyl (C=O) groups excluding carboxylic acids is 1. The lowest BCUT2D eigenvalue weighted by molar-refractivity contribution is -0.120. The molecule has 1 atom stereocenters. The zero-order chi connectivity index (χ0) is 14.9. The molecule has 2 aliphatic rings. The van der Waals surface area contributed by atoms with Crippen LogP contribution in [0.4, 0.5) is 0 Å². The first-order valence-corrected chi connectivity index (χ1v) is 8.61. The van der Waals surface area contributed by atoms with Gasteiger partial charge in [-0.3, -0.25) is 4.79 Å². The first-order chi connectivity index (χ1) is 10.8. The molecule has 0 spiro atoms. The van der Waals surface area contributed by atoms with Gasteiger partial charge in [-0.25, -0.2) is 0 Å². The molecule has 0 aliphatic heterocycles. The van der Waals surface area contributed by atoms with E-state index in [9.17, 15) is 4.79 Å². The first-order valence-electron chi connectivity index (χ1n) is 7.73. The van der Waals surface area contributed by atoms with Gasteiger partial charge in [0.05, 0.1) is 0 Å². The molecule has 2 aromatic rings. The molecule has 1 heterocycles. The van der Waals surface area contributed by atoms with Crippen LogP contribution in [0.1, 0.15) is 42.5 Å². The quantitative estimate of drug-likeness (QED) is 0.833. The summed E-state index contributed by atoms with van der Waals surface area (Å²) in [5.41, 5.74) is 1.01. The van der Waals surface area contributed by atoms with E-state index >= 15 is 0 Å². The fourth-order valence-electron chi connectivity index (χ4n) is 2.43. The van der Waals surface area contributed by atoms with Crippen molar-refractivity contribution >= 4 is 17.7 Å². The summed E-state index contributed by atoms with van der Waals surface area (Å²) in [5.74, 6) is 0.0732. The minimum absolute atomic E-state index is 0.0732. The highest BCUT2D eigenvalue weighted by atomic mass is 32.2. The van der Waals surface area contributed by atoms with E-state index in [0.29, 0.717) is 12.1 Å². The molecule has 1 unspecified atom stereocenters. The molecule has 6 heteroatoms. The standard InChI is InChI=1S/C16H18N4OS/c21-15(18-12-6-7-12)14(11-4-2-1-3-5-11)22-16-19-17-10-20(16)13-8-9-13/h1-5,10,12-14H,6-9H2,(H,18,21). The van der Waals surface area contributed by atoms with E-state index in [1.54, 1.807) is 6.33 Å². The Morgan fingerprint density at radius 2 is 2.00 bits per heavy atom. The van der Waals surface area contributed by atoms with Crippen molar-refractivity contribution in [2.45, 2.75) is 48.2 Å². The molecule has 2 aliphatic carbocycles. The summed E-state index contributed by atoms with van der Waals surface area (Å²) in [5, 5.41) is 11.9. The molecular formula is C16H18N4OS. The largest absolute Gasteiger partial charge is 0.352 e. The second-order valence-corrected chi connectivity index (χ2v) is 7.02. The summed E-state index contributed by atoms with van der Waals surface area (Å²) in [6.45, 7) is 0. The summed E-state index contributed by atoms with van der Waals surface area (Å²) in [4.78, 5) is 12.6. The number of aromatic nitrogens is 3. The highest BCUT2D eigenvalue weighted by Crippen LogP contribution is 2.41. The second-order valence-electron chi connectivity index (χ2n) is 5.94.